The van der Waals surface area contributed by atoms with Crippen LogP contribution in [0.3, 0.4) is 0 Å². The minimum absolute atomic E-state index is 0.113. The fourth-order valence-corrected chi connectivity index (χ4v) is 6.18. The molecule has 4 nitrogen and oxygen atoms in total. The molecule has 176 valence electrons. The number of nitrogens with zero attached hydrogens (tertiary/aromatic N) is 3. The summed E-state index contributed by atoms with van der Waals surface area (Å²) >= 11 is 14.6. The van der Waals surface area contributed by atoms with Crippen molar-refractivity contribution in [3.63, 3.8) is 0 Å². The van der Waals surface area contributed by atoms with Gasteiger partial charge in [-0.15, -0.1) is 0 Å². The molecule has 2 heterocycles. The second-order valence-corrected chi connectivity index (χ2v) is 11.2. The first kappa shape index (κ1) is 24.0. The fourth-order valence-electron chi connectivity index (χ4n) is 3.79. The molecule has 0 atom stereocenters. The zero-order valence-electron chi connectivity index (χ0n) is 19.2. The number of thioether (sulfide) groups is 1. The molecule has 0 unspecified atom stereocenters. The molecule has 5 aromatic rings. The standard InChI is InChI=1S/C27H22ClN3OS3/c1-3-18-8-14-21(15-9-18)30-24-23(35-27(30)33)25(32)31(22-12-4-17(2)5-13-22)26(29-24)34-16-19-6-10-20(28)11-7-19/h4-15H,3,16H2,1-2H3. The van der Waals surface area contributed by atoms with E-state index in [0.29, 0.717) is 30.2 Å². The molecule has 8 heteroatoms. The third-order valence-electron chi connectivity index (χ3n) is 5.75. The van der Waals surface area contributed by atoms with Crippen LogP contribution in [0.1, 0.15) is 23.6 Å². The number of benzene rings is 3. The Morgan fingerprint density at radius 2 is 1.51 bits per heavy atom. The van der Waals surface area contributed by atoms with E-state index in [1.807, 2.05) is 72.2 Å². The average molecular weight is 536 g/mol. The van der Waals surface area contributed by atoms with Gasteiger partial charge in [-0.25, -0.2) is 4.98 Å². The predicted octanol–water partition coefficient (Wildman–Crippen LogP) is 7.78. The van der Waals surface area contributed by atoms with Crippen molar-refractivity contribution in [3.05, 3.63) is 109 Å². The Kier molecular flexibility index (Phi) is 6.93. The zero-order chi connectivity index (χ0) is 24.5. The second kappa shape index (κ2) is 10.1. The van der Waals surface area contributed by atoms with Gasteiger partial charge < -0.3 is 0 Å². The maximum Gasteiger partial charge on any atom is 0.278 e. The number of hydrogen-bond donors (Lipinski definition) is 0. The molecular weight excluding hydrogens is 514 g/mol. The summed E-state index contributed by atoms with van der Waals surface area (Å²) in [4.78, 5) is 18.8. The smallest absolute Gasteiger partial charge is 0.275 e. The Bertz CT molecular complexity index is 1620. The molecule has 0 spiro atoms. The van der Waals surface area contributed by atoms with Crippen molar-refractivity contribution < 1.29 is 0 Å². The number of halogens is 1. The molecule has 0 aliphatic carbocycles. The summed E-state index contributed by atoms with van der Waals surface area (Å²) < 4.78 is 4.75. The van der Waals surface area contributed by atoms with Gasteiger partial charge in [-0.1, -0.05) is 83.6 Å². The summed E-state index contributed by atoms with van der Waals surface area (Å²) in [6.07, 6.45) is 0.959. The quantitative estimate of drug-likeness (QED) is 0.126. The zero-order valence-corrected chi connectivity index (χ0v) is 22.4. The van der Waals surface area contributed by atoms with Gasteiger partial charge in [0.15, 0.2) is 14.8 Å². The highest BCUT2D eigenvalue weighted by atomic mass is 35.5. The molecule has 5 rings (SSSR count). The van der Waals surface area contributed by atoms with Crippen LogP contribution in [-0.2, 0) is 12.2 Å². The summed E-state index contributed by atoms with van der Waals surface area (Å²) in [6.45, 7) is 4.15. The molecule has 0 bridgehead atoms. The molecule has 0 aliphatic heterocycles. The lowest BCUT2D eigenvalue weighted by atomic mass is 10.1. The van der Waals surface area contributed by atoms with E-state index in [1.165, 1.54) is 28.7 Å². The minimum Gasteiger partial charge on any atom is -0.275 e. The van der Waals surface area contributed by atoms with E-state index in [1.54, 1.807) is 4.57 Å². The molecule has 0 aliphatic rings. The normalized spacial score (nSPS) is 11.3. The molecule has 0 N–H and O–H groups in total. The van der Waals surface area contributed by atoms with E-state index in [-0.39, 0.29) is 5.56 Å². The van der Waals surface area contributed by atoms with Crippen molar-refractivity contribution in [1.29, 1.82) is 0 Å². The Balaban J connectivity index is 1.69. The van der Waals surface area contributed by atoms with Crippen LogP contribution in [0, 0.1) is 10.9 Å². The van der Waals surface area contributed by atoms with Gasteiger partial charge in [0.25, 0.3) is 5.56 Å². The maximum atomic E-state index is 13.8. The third kappa shape index (κ3) is 4.86. The van der Waals surface area contributed by atoms with Gasteiger partial charge in [0.05, 0.1) is 5.69 Å². The van der Waals surface area contributed by atoms with E-state index in [2.05, 4.69) is 19.1 Å². The van der Waals surface area contributed by atoms with E-state index >= 15 is 0 Å². The molecule has 35 heavy (non-hydrogen) atoms. The van der Waals surface area contributed by atoms with Crippen LogP contribution >= 0.6 is 46.9 Å². The van der Waals surface area contributed by atoms with Gasteiger partial charge in [-0.3, -0.25) is 13.9 Å². The van der Waals surface area contributed by atoms with E-state index < -0.39 is 0 Å². The Morgan fingerprint density at radius 1 is 0.914 bits per heavy atom. The maximum absolute atomic E-state index is 13.8. The van der Waals surface area contributed by atoms with Crippen LogP contribution in [0.25, 0.3) is 21.7 Å². The van der Waals surface area contributed by atoms with Crippen LogP contribution < -0.4 is 5.56 Å². The van der Waals surface area contributed by atoms with Gasteiger partial charge in [-0.2, -0.15) is 0 Å². The van der Waals surface area contributed by atoms with Crippen molar-refractivity contribution in [2.75, 3.05) is 0 Å². The first-order valence-electron chi connectivity index (χ1n) is 11.2. The van der Waals surface area contributed by atoms with Crippen molar-refractivity contribution in [1.82, 2.24) is 14.1 Å². The first-order valence-corrected chi connectivity index (χ1v) is 13.8. The number of aromatic nitrogens is 3. The largest absolute Gasteiger partial charge is 0.278 e. The molecular formula is C27H22ClN3OS3. The highest BCUT2D eigenvalue weighted by Gasteiger charge is 2.19. The number of thiazole rings is 1. The number of rotatable bonds is 6. The number of hydrogen-bond acceptors (Lipinski definition) is 5. The van der Waals surface area contributed by atoms with Gasteiger partial charge in [0.1, 0.15) is 4.70 Å². The SMILES string of the molecule is CCc1ccc(-n2c(=S)sc3c(=O)n(-c4ccc(C)cc4)c(SCc4ccc(Cl)cc4)nc32)cc1. The van der Waals surface area contributed by atoms with E-state index in [9.17, 15) is 4.79 Å². The molecule has 0 saturated carbocycles. The van der Waals surface area contributed by atoms with Crippen LogP contribution in [0.2, 0.25) is 5.02 Å². The van der Waals surface area contributed by atoms with Crippen LogP contribution in [0.5, 0.6) is 0 Å². The van der Waals surface area contributed by atoms with Crippen LogP contribution in [0.4, 0.5) is 0 Å². The molecule has 3 aromatic carbocycles. The summed E-state index contributed by atoms with van der Waals surface area (Å²) in [6, 6.07) is 23.9. The lowest BCUT2D eigenvalue weighted by molar-refractivity contribution is 0.811. The predicted molar refractivity (Wildman–Crippen MR) is 151 cm³/mol. The van der Waals surface area contributed by atoms with Gasteiger partial charge >= 0.3 is 0 Å². The van der Waals surface area contributed by atoms with Crippen LogP contribution in [-0.4, -0.2) is 14.1 Å². The number of fused-ring (bicyclic) bond motifs is 1. The highest BCUT2D eigenvalue weighted by Crippen LogP contribution is 2.29. The molecule has 0 radical (unpaired) electrons. The van der Waals surface area contributed by atoms with E-state index in [4.69, 9.17) is 28.8 Å². The van der Waals surface area contributed by atoms with Gasteiger partial charge in [-0.05, 0) is 73.1 Å². The second-order valence-electron chi connectivity index (χ2n) is 8.16. The van der Waals surface area contributed by atoms with Crippen molar-refractivity contribution in [3.8, 4) is 11.4 Å². The van der Waals surface area contributed by atoms with Crippen LogP contribution in [0.15, 0.2) is 82.7 Å². The summed E-state index contributed by atoms with van der Waals surface area (Å²) in [5.74, 6) is 0.650. The molecule has 0 saturated heterocycles. The Labute approximate surface area is 221 Å². The van der Waals surface area contributed by atoms with Crippen molar-refractivity contribution in [2.45, 2.75) is 31.2 Å². The Morgan fingerprint density at radius 3 is 2.17 bits per heavy atom. The van der Waals surface area contributed by atoms with Crippen molar-refractivity contribution in [2.24, 2.45) is 0 Å². The monoisotopic (exact) mass is 535 g/mol. The fraction of sp³-hybridized carbons (Fsp3) is 0.148. The van der Waals surface area contributed by atoms with Gasteiger partial charge in [0, 0.05) is 16.5 Å². The summed E-state index contributed by atoms with van der Waals surface area (Å²) in [5.41, 5.74) is 5.64. The lowest BCUT2D eigenvalue weighted by Crippen LogP contribution is -2.21. The highest BCUT2D eigenvalue weighted by molar-refractivity contribution is 7.98. The summed E-state index contributed by atoms with van der Waals surface area (Å²) in [5, 5.41) is 1.31. The lowest BCUT2D eigenvalue weighted by Gasteiger charge is -2.13. The molecule has 2 aromatic heterocycles. The molecule has 0 amide bonds. The molecule has 0 fully saturated rings. The van der Waals surface area contributed by atoms with Gasteiger partial charge in [0.2, 0.25) is 0 Å². The number of aryl methyl sites for hydroxylation is 2. The minimum atomic E-state index is -0.113. The average Bonchev–Trinajstić information content (AvgIpc) is 3.20. The summed E-state index contributed by atoms with van der Waals surface area (Å²) in [7, 11) is 0. The Hall–Kier alpha value is -2.71. The third-order valence-corrected chi connectivity index (χ3v) is 8.37. The van der Waals surface area contributed by atoms with Crippen molar-refractivity contribution >= 4 is 57.3 Å². The van der Waals surface area contributed by atoms with E-state index in [0.717, 1.165) is 28.9 Å². The first-order chi connectivity index (χ1) is 16.9. The topological polar surface area (TPSA) is 39.8 Å².